The van der Waals surface area contributed by atoms with Crippen LogP contribution in [0, 0.1) is 10.1 Å². The van der Waals surface area contributed by atoms with Crippen LogP contribution in [-0.2, 0) is 6.54 Å². The molecule has 0 spiro atoms. The number of nitro benzene ring substituents is 1. The number of para-hydroxylation sites is 1. The maximum Gasteiger partial charge on any atom is 0.278 e. The maximum absolute atomic E-state index is 11.1. The van der Waals surface area contributed by atoms with Crippen LogP contribution in [0.5, 0.6) is 0 Å². The summed E-state index contributed by atoms with van der Waals surface area (Å²) in [5, 5.41) is 10.9. The van der Waals surface area contributed by atoms with Crippen molar-refractivity contribution >= 4 is 11.6 Å². The van der Waals surface area contributed by atoms with Crippen molar-refractivity contribution in [3.63, 3.8) is 0 Å². The molecule has 6 heteroatoms. The van der Waals surface area contributed by atoms with Crippen molar-refractivity contribution in [2.75, 3.05) is 0 Å². The molecule has 2 aromatic rings. The van der Waals surface area contributed by atoms with Gasteiger partial charge in [0.25, 0.3) is 11.6 Å². The number of nitrogens with zero attached hydrogens (tertiary/aromatic N) is 2. The van der Waals surface area contributed by atoms with Crippen molar-refractivity contribution in [2.24, 2.45) is 5.73 Å². The molecule has 0 aliphatic heterocycles. The lowest BCUT2D eigenvalue weighted by molar-refractivity contribution is -0.688. The lowest BCUT2D eigenvalue weighted by Gasteiger charge is -2.00. The summed E-state index contributed by atoms with van der Waals surface area (Å²) in [5.41, 5.74) is 6.18. The Morgan fingerprint density at radius 3 is 2.68 bits per heavy atom. The molecule has 1 aromatic carbocycles. The third-order valence-electron chi connectivity index (χ3n) is 2.68. The summed E-state index contributed by atoms with van der Waals surface area (Å²) in [4.78, 5) is 21.6. The molecule has 96 valence electrons. The molecular formula is C13H12N3O3+. The number of pyridine rings is 1. The molecule has 2 N–H and O–H groups in total. The highest BCUT2D eigenvalue weighted by molar-refractivity contribution is 5.92. The first-order chi connectivity index (χ1) is 9.08. The summed E-state index contributed by atoms with van der Waals surface area (Å²) in [5.74, 6) is -0.531. The summed E-state index contributed by atoms with van der Waals surface area (Å²) in [6, 6.07) is 9.76. The first-order valence-electron chi connectivity index (χ1n) is 5.59. The van der Waals surface area contributed by atoms with E-state index in [2.05, 4.69) is 0 Å². The molecule has 0 saturated carbocycles. The third-order valence-corrected chi connectivity index (χ3v) is 2.68. The van der Waals surface area contributed by atoms with E-state index in [1.165, 1.54) is 6.07 Å². The molecule has 0 fully saturated rings. The topological polar surface area (TPSA) is 90.1 Å². The van der Waals surface area contributed by atoms with Crippen LogP contribution in [0.4, 0.5) is 5.69 Å². The zero-order chi connectivity index (χ0) is 13.8. The smallest absolute Gasteiger partial charge is 0.278 e. The monoisotopic (exact) mass is 258 g/mol. The van der Waals surface area contributed by atoms with Gasteiger partial charge in [0.1, 0.15) is 5.56 Å². The highest BCUT2D eigenvalue weighted by Gasteiger charge is 2.16. The van der Waals surface area contributed by atoms with Crippen molar-refractivity contribution in [1.29, 1.82) is 0 Å². The number of aromatic nitrogens is 1. The fraction of sp³-hybridized carbons (Fsp3) is 0.0769. The van der Waals surface area contributed by atoms with Crippen LogP contribution < -0.4 is 10.3 Å². The summed E-state index contributed by atoms with van der Waals surface area (Å²) in [6.07, 6.45) is 3.29. The van der Waals surface area contributed by atoms with Crippen LogP contribution in [0.15, 0.2) is 48.8 Å². The Labute approximate surface area is 109 Å². The highest BCUT2D eigenvalue weighted by atomic mass is 16.6. The Bertz CT molecular complexity index is 641. The van der Waals surface area contributed by atoms with E-state index in [4.69, 9.17) is 5.73 Å². The van der Waals surface area contributed by atoms with Gasteiger partial charge in [0.2, 0.25) is 0 Å². The van der Waals surface area contributed by atoms with Crippen LogP contribution in [-0.4, -0.2) is 10.8 Å². The molecule has 1 heterocycles. The third kappa shape index (κ3) is 2.92. The second-order valence-electron chi connectivity index (χ2n) is 4.02. The first-order valence-corrected chi connectivity index (χ1v) is 5.59. The van der Waals surface area contributed by atoms with Crippen molar-refractivity contribution in [3.05, 3.63) is 70.0 Å². The predicted molar refractivity (Wildman–Crippen MR) is 67.4 cm³/mol. The largest absolute Gasteiger partial charge is 0.365 e. The quantitative estimate of drug-likeness (QED) is 0.504. The van der Waals surface area contributed by atoms with Gasteiger partial charge in [0.05, 0.1) is 10.5 Å². The molecule has 0 unspecified atom stereocenters. The van der Waals surface area contributed by atoms with Gasteiger partial charge in [0.15, 0.2) is 18.9 Å². The fourth-order valence-corrected chi connectivity index (χ4v) is 1.79. The number of amides is 1. The number of hydrogen-bond acceptors (Lipinski definition) is 3. The zero-order valence-corrected chi connectivity index (χ0v) is 10.0. The SMILES string of the molecule is NC(=O)c1ccc[n+](Cc2ccccc2[N+](=O)[O-])c1. The standard InChI is InChI=1S/C13H11N3O3/c14-13(17)11-5-3-7-15(9-11)8-10-4-1-2-6-12(10)16(18)19/h1-7,9H,8H2,(H-,14,17)/p+1. The second kappa shape index (κ2) is 5.26. The van der Waals surface area contributed by atoms with Gasteiger partial charge in [-0.1, -0.05) is 12.1 Å². The molecule has 6 nitrogen and oxygen atoms in total. The molecule has 0 bridgehead atoms. The second-order valence-corrected chi connectivity index (χ2v) is 4.02. The Kier molecular flexibility index (Phi) is 3.51. The minimum atomic E-state index is -0.531. The molecule has 1 aromatic heterocycles. The summed E-state index contributed by atoms with van der Waals surface area (Å²) in [6.45, 7) is 0.304. The molecule has 0 atom stereocenters. The molecular weight excluding hydrogens is 246 g/mol. The zero-order valence-electron chi connectivity index (χ0n) is 10.0. The molecule has 19 heavy (non-hydrogen) atoms. The van der Waals surface area contributed by atoms with Gasteiger partial charge < -0.3 is 5.73 Å². The fourth-order valence-electron chi connectivity index (χ4n) is 1.79. The van der Waals surface area contributed by atoms with E-state index >= 15 is 0 Å². The molecule has 0 saturated heterocycles. The van der Waals surface area contributed by atoms with E-state index < -0.39 is 10.8 Å². The van der Waals surface area contributed by atoms with Gasteiger partial charge in [-0.05, 0) is 12.1 Å². The van der Waals surface area contributed by atoms with Crippen LogP contribution >= 0.6 is 0 Å². The average molecular weight is 258 g/mol. The van der Waals surface area contributed by atoms with Gasteiger partial charge in [-0.3, -0.25) is 14.9 Å². The Balaban J connectivity index is 2.34. The lowest BCUT2D eigenvalue weighted by Crippen LogP contribution is -2.35. The molecule has 1 amide bonds. The average Bonchev–Trinajstić information content (AvgIpc) is 2.39. The first kappa shape index (κ1) is 12.7. The van der Waals surface area contributed by atoms with Gasteiger partial charge in [-0.2, -0.15) is 4.57 Å². The number of carbonyl (C=O) groups is 1. The van der Waals surface area contributed by atoms with Gasteiger partial charge in [-0.15, -0.1) is 0 Å². The Hall–Kier alpha value is -2.76. The number of rotatable bonds is 4. The number of nitro groups is 1. The van der Waals surface area contributed by atoms with Crippen molar-refractivity contribution in [1.82, 2.24) is 0 Å². The molecule has 2 rings (SSSR count). The van der Waals surface area contributed by atoms with Crippen LogP contribution in [0.2, 0.25) is 0 Å². The maximum atomic E-state index is 11.1. The molecule has 0 aliphatic carbocycles. The van der Waals surface area contributed by atoms with Crippen molar-refractivity contribution in [2.45, 2.75) is 6.54 Å². The van der Waals surface area contributed by atoms with Gasteiger partial charge >= 0.3 is 0 Å². The predicted octanol–water partition coefficient (Wildman–Crippen LogP) is 1.03. The van der Waals surface area contributed by atoms with Crippen LogP contribution in [0.1, 0.15) is 15.9 Å². The van der Waals surface area contributed by atoms with Crippen LogP contribution in [0.25, 0.3) is 0 Å². The number of carbonyl (C=O) groups excluding carboxylic acids is 1. The molecule has 0 radical (unpaired) electrons. The van der Waals surface area contributed by atoms with E-state index in [9.17, 15) is 14.9 Å². The van der Waals surface area contributed by atoms with Crippen molar-refractivity contribution < 1.29 is 14.3 Å². The van der Waals surface area contributed by atoms with E-state index in [-0.39, 0.29) is 5.69 Å². The van der Waals surface area contributed by atoms with Crippen LogP contribution in [0.3, 0.4) is 0 Å². The number of benzene rings is 1. The Morgan fingerprint density at radius 2 is 2.00 bits per heavy atom. The number of hydrogen-bond donors (Lipinski definition) is 1. The molecule has 0 aliphatic rings. The number of primary amides is 1. The van der Waals surface area contributed by atoms with Gasteiger partial charge in [0, 0.05) is 12.1 Å². The van der Waals surface area contributed by atoms with E-state index in [0.717, 1.165) is 0 Å². The minimum absolute atomic E-state index is 0.0551. The normalized spacial score (nSPS) is 10.1. The van der Waals surface area contributed by atoms with E-state index in [1.807, 2.05) is 0 Å². The van der Waals surface area contributed by atoms with Crippen molar-refractivity contribution in [3.8, 4) is 0 Å². The van der Waals surface area contributed by atoms with E-state index in [1.54, 1.807) is 47.3 Å². The highest BCUT2D eigenvalue weighted by Crippen LogP contribution is 2.16. The number of nitrogens with two attached hydrogens (primary N) is 1. The van der Waals surface area contributed by atoms with E-state index in [0.29, 0.717) is 17.7 Å². The minimum Gasteiger partial charge on any atom is -0.365 e. The summed E-state index contributed by atoms with van der Waals surface area (Å²) < 4.78 is 1.68. The Morgan fingerprint density at radius 1 is 1.26 bits per heavy atom. The van der Waals surface area contributed by atoms with Gasteiger partial charge in [-0.25, -0.2) is 0 Å². The summed E-state index contributed by atoms with van der Waals surface area (Å²) in [7, 11) is 0. The summed E-state index contributed by atoms with van der Waals surface area (Å²) >= 11 is 0. The lowest BCUT2D eigenvalue weighted by atomic mass is 10.1.